The van der Waals surface area contributed by atoms with E-state index in [2.05, 4.69) is 5.32 Å². The van der Waals surface area contributed by atoms with Crippen LogP contribution in [-0.2, 0) is 20.9 Å². The van der Waals surface area contributed by atoms with E-state index in [0.29, 0.717) is 18.3 Å². The van der Waals surface area contributed by atoms with Crippen LogP contribution in [0.5, 0.6) is 0 Å². The lowest BCUT2D eigenvalue weighted by Crippen LogP contribution is -2.30. The first-order chi connectivity index (χ1) is 11.1. The Balaban J connectivity index is 1.59. The Kier molecular flexibility index (Phi) is 5.25. The summed E-state index contributed by atoms with van der Waals surface area (Å²) in [7, 11) is 0. The number of anilines is 1. The molecular weight excluding hydrogens is 312 g/mol. The van der Waals surface area contributed by atoms with Crippen molar-refractivity contribution < 1.29 is 14.3 Å². The first kappa shape index (κ1) is 16.4. The zero-order valence-corrected chi connectivity index (χ0v) is 14.1. The Labute approximate surface area is 141 Å². The monoisotopic (exact) mass is 334 g/mol. The molecule has 0 aromatic heterocycles. The summed E-state index contributed by atoms with van der Waals surface area (Å²) < 4.78 is 11.4. The standard InChI is InChI=1S/C17H22N2O3S/c1-12-16(20)19(17(23)18-12)14-6-4-5-13(9-14)10-21-11-15-7-2-3-8-22-15/h4-6,9,12,15H,2-3,7-8,10-11H2,1H3,(H,18,23)/t12-,15-/m1/s1. The molecular formula is C17H22N2O3S. The van der Waals surface area contributed by atoms with Gasteiger partial charge in [-0.2, -0.15) is 0 Å². The molecule has 0 unspecified atom stereocenters. The molecule has 2 aliphatic heterocycles. The van der Waals surface area contributed by atoms with Gasteiger partial charge < -0.3 is 14.8 Å². The van der Waals surface area contributed by atoms with Gasteiger partial charge in [0.1, 0.15) is 6.04 Å². The van der Waals surface area contributed by atoms with Crippen molar-refractivity contribution in [2.24, 2.45) is 0 Å². The third kappa shape index (κ3) is 3.88. The summed E-state index contributed by atoms with van der Waals surface area (Å²) >= 11 is 5.24. The molecule has 2 saturated heterocycles. The van der Waals surface area contributed by atoms with Crippen molar-refractivity contribution in [2.45, 2.75) is 44.9 Å². The molecule has 0 bridgehead atoms. The molecule has 1 aromatic carbocycles. The zero-order valence-electron chi connectivity index (χ0n) is 13.3. The van der Waals surface area contributed by atoms with Crippen molar-refractivity contribution in [3.8, 4) is 0 Å². The molecule has 1 N–H and O–H groups in total. The lowest BCUT2D eigenvalue weighted by atomic mass is 10.1. The molecule has 1 amide bonds. The van der Waals surface area contributed by atoms with E-state index >= 15 is 0 Å². The number of benzene rings is 1. The van der Waals surface area contributed by atoms with Gasteiger partial charge in [0.15, 0.2) is 5.11 Å². The normalized spacial score (nSPS) is 24.8. The lowest BCUT2D eigenvalue weighted by Gasteiger charge is -2.22. The maximum Gasteiger partial charge on any atom is 0.255 e. The summed E-state index contributed by atoms with van der Waals surface area (Å²) in [6.07, 6.45) is 3.64. The molecule has 2 heterocycles. The first-order valence-corrected chi connectivity index (χ1v) is 8.49. The van der Waals surface area contributed by atoms with Crippen LogP contribution in [0.1, 0.15) is 31.7 Å². The molecule has 6 heteroatoms. The van der Waals surface area contributed by atoms with Gasteiger partial charge >= 0.3 is 0 Å². The molecule has 124 valence electrons. The minimum absolute atomic E-state index is 0.0244. The topological polar surface area (TPSA) is 50.8 Å². The number of nitrogens with zero attached hydrogens (tertiary/aromatic N) is 1. The van der Waals surface area contributed by atoms with Crippen LogP contribution in [0.25, 0.3) is 0 Å². The largest absolute Gasteiger partial charge is 0.376 e. The van der Waals surface area contributed by atoms with Gasteiger partial charge in [-0.25, -0.2) is 0 Å². The number of carbonyl (C=O) groups excluding carboxylic acids is 1. The van der Waals surface area contributed by atoms with Crippen LogP contribution in [0.15, 0.2) is 24.3 Å². The van der Waals surface area contributed by atoms with Crippen LogP contribution in [0, 0.1) is 0 Å². The molecule has 1 aromatic rings. The molecule has 0 saturated carbocycles. The Morgan fingerprint density at radius 1 is 1.43 bits per heavy atom. The second-order valence-electron chi connectivity index (χ2n) is 6.02. The maximum atomic E-state index is 12.2. The predicted octanol–water partition coefficient (Wildman–Crippen LogP) is 2.38. The Hall–Kier alpha value is -1.50. The highest BCUT2D eigenvalue weighted by atomic mass is 32.1. The van der Waals surface area contributed by atoms with Crippen LogP contribution in [0.2, 0.25) is 0 Å². The summed E-state index contributed by atoms with van der Waals surface area (Å²) in [5, 5.41) is 3.44. The van der Waals surface area contributed by atoms with Crippen molar-refractivity contribution in [1.82, 2.24) is 5.32 Å². The fourth-order valence-electron chi connectivity index (χ4n) is 2.88. The van der Waals surface area contributed by atoms with Gasteiger partial charge in [0.05, 0.1) is 25.0 Å². The Morgan fingerprint density at radius 3 is 3.00 bits per heavy atom. The summed E-state index contributed by atoms with van der Waals surface area (Å²) in [6, 6.07) is 7.48. The fraction of sp³-hybridized carbons (Fsp3) is 0.529. The van der Waals surface area contributed by atoms with E-state index < -0.39 is 0 Å². The van der Waals surface area contributed by atoms with Crippen molar-refractivity contribution in [3.63, 3.8) is 0 Å². The number of ether oxygens (including phenoxy) is 2. The van der Waals surface area contributed by atoms with Gasteiger partial charge in [0.2, 0.25) is 0 Å². The Morgan fingerprint density at radius 2 is 2.30 bits per heavy atom. The number of hydrogen-bond acceptors (Lipinski definition) is 4. The van der Waals surface area contributed by atoms with Crippen molar-refractivity contribution >= 4 is 28.9 Å². The van der Waals surface area contributed by atoms with Crippen LogP contribution in [0.3, 0.4) is 0 Å². The molecule has 0 spiro atoms. The van der Waals surface area contributed by atoms with Gasteiger partial charge in [-0.05, 0) is 56.1 Å². The van der Waals surface area contributed by atoms with Crippen molar-refractivity contribution in [2.75, 3.05) is 18.1 Å². The second kappa shape index (κ2) is 7.38. The van der Waals surface area contributed by atoms with E-state index in [0.717, 1.165) is 30.7 Å². The highest BCUT2D eigenvalue weighted by Gasteiger charge is 2.33. The third-order valence-corrected chi connectivity index (χ3v) is 4.45. The average molecular weight is 334 g/mol. The lowest BCUT2D eigenvalue weighted by molar-refractivity contribution is -0.117. The SMILES string of the molecule is C[C@H]1NC(=S)N(c2cccc(COC[C@H]3CCCCO3)c2)C1=O. The van der Waals surface area contributed by atoms with E-state index in [-0.39, 0.29) is 18.1 Å². The third-order valence-electron chi connectivity index (χ3n) is 4.15. The van der Waals surface area contributed by atoms with Gasteiger partial charge in [0.25, 0.3) is 5.91 Å². The van der Waals surface area contributed by atoms with Crippen LogP contribution in [-0.4, -0.2) is 36.4 Å². The molecule has 0 aliphatic carbocycles. The molecule has 23 heavy (non-hydrogen) atoms. The van der Waals surface area contributed by atoms with Crippen molar-refractivity contribution in [3.05, 3.63) is 29.8 Å². The number of nitrogens with one attached hydrogen (secondary N) is 1. The minimum Gasteiger partial charge on any atom is -0.376 e. The van der Waals surface area contributed by atoms with E-state index in [9.17, 15) is 4.79 Å². The number of amides is 1. The van der Waals surface area contributed by atoms with Crippen LogP contribution in [0.4, 0.5) is 5.69 Å². The van der Waals surface area contributed by atoms with Crippen molar-refractivity contribution in [1.29, 1.82) is 0 Å². The molecule has 2 aliphatic rings. The molecule has 0 radical (unpaired) electrons. The van der Waals surface area contributed by atoms with Gasteiger partial charge in [-0.1, -0.05) is 12.1 Å². The van der Waals surface area contributed by atoms with Gasteiger partial charge in [-0.3, -0.25) is 9.69 Å². The molecule has 3 rings (SSSR count). The summed E-state index contributed by atoms with van der Waals surface area (Å²) in [5.74, 6) is -0.0244. The van der Waals surface area contributed by atoms with Crippen LogP contribution < -0.4 is 10.2 Å². The molecule has 2 atom stereocenters. The fourth-order valence-corrected chi connectivity index (χ4v) is 3.25. The Bertz CT molecular complexity index is 587. The number of thiocarbonyl (C=S) groups is 1. The second-order valence-corrected chi connectivity index (χ2v) is 6.41. The van der Waals surface area contributed by atoms with Gasteiger partial charge in [-0.15, -0.1) is 0 Å². The van der Waals surface area contributed by atoms with Crippen LogP contribution >= 0.6 is 12.2 Å². The number of rotatable bonds is 5. The first-order valence-electron chi connectivity index (χ1n) is 8.08. The predicted molar refractivity (Wildman–Crippen MR) is 92.4 cm³/mol. The van der Waals surface area contributed by atoms with Gasteiger partial charge in [0, 0.05) is 6.61 Å². The molecule has 2 fully saturated rings. The summed E-state index contributed by atoms with van der Waals surface area (Å²) in [4.78, 5) is 13.7. The highest BCUT2D eigenvalue weighted by Crippen LogP contribution is 2.21. The quantitative estimate of drug-likeness (QED) is 0.838. The minimum atomic E-state index is -0.272. The van der Waals surface area contributed by atoms with E-state index in [1.165, 1.54) is 6.42 Å². The average Bonchev–Trinajstić information content (AvgIpc) is 2.81. The molecule has 5 nitrogen and oxygen atoms in total. The summed E-state index contributed by atoms with van der Waals surface area (Å²) in [6.45, 7) is 3.77. The van der Waals surface area contributed by atoms with E-state index in [4.69, 9.17) is 21.7 Å². The zero-order chi connectivity index (χ0) is 16.2. The number of carbonyl (C=O) groups is 1. The van der Waals surface area contributed by atoms with E-state index in [1.807, 2.05) is 31.2 Å². The highest BCUT2D eigenvalue weighted by molar-refractivity contribution is 7.80. The maximum absolute atomic E-state index is 12.2. The van der Waals surface area contributed by atoms with E-state index in [1.54, 1.807) is 4.90 Å². The smallest absolute Gasteiger partial charge is 0.255 e. The number of hydrogen-bond donors (Lipinski definition) is 1. The summed E-state index contributed by atoms with van der Waals surface area (Å²) in [5.41, 5.74) is 1.81.